The van der Waals surface area contributed by atoms with E-state index in [2.05, 4.69) is 20.7 Å². The quantitative estimate of drug-likeness (QED) is 0.481. The maximum atomic E-state index is 11.5. The van der Waals surface area contributed by atoms with Crippen molar-refractivity contribution in [2.45, 2.75) is 0 Å². The largest absolute Gasteiger partial charge is 0.503 e. The number of halogens is 1. The van der Waals surface area contributed by atoms with E-state index in [4.69, 9.17) is 4.74 Å². The molecule has 0 spiro atoms. The summed E-state index contributed by atoms with van der Waals surface area (Å²) in [6.07, 6.45) is 1.37. The van der Waals surface area contributed by atoms with Gasteiger partial charge in [0.25, 0.3) is 0 Å². The molecule has 0 aromatic heterocycles. The summed E-state index contributed by atoms with van der Waals surface area (Å²) in [5, 5.41) is 0. The van der Waals surface area contributed by atoms with Crippen molar-refractivity contribution in [2.75, 3.05) is 14.2 Å². The predicted molar refractivity (Wildman–Crippen MR) is 61.1 cm³/mol. The topological polar surface area (TPSA) is 35.5 Å². The molecule has 80 valence electrons. The first-order valence-corrected chi connectivity index (χ1v) is 5.06. The van der Waals surface area contributed by atoms with E-state index in [1.807, 2.05) is 24.3 Å². The third-order valence-corrected chi connectivity index (χ3v) is 2.50. The van der Waals surface area contributed by atoms with Crippen molar-refractivity contribution in [3.8, 4) is 0 Å². The van der Waals surface area contributed by atoms with Gasteiger partial charge in [0.1, 0.15) is 5.57 Å². The van der Waals surface area contributed by atoms with Crippen molar-refractivity contribution in [1.82, 2.24) is 0 Å². The molecule has 0 bridgehead atoms. The minimum Gasteiger partial charge on any atom is -0.503 e. The lowest BCUT2D eigenvalue weighted by Gasteiger charge is -2.06. The fourth-order valence-electron chi connectivity index (χ4n) is 1.13. The van der Waals surface area contributed by atoms with Crippen molar-refractivity contribution < 1.29 is 14.3 Å². The van der Waals surface area contributed by atoms with E-state index >= 15 is 0 Å². The number of benzene rings is 1. The lowest BCUT2D eigenvalue weighted by atomic mass is 10.1. The van der Waals surface area contributed by atoms with Crippen LogP contribution >= 0.6 is 15.9 Å². The highest BCUT2D eigenvalue weighted by Gasteiger charge is 2.15. The first-order chi connectivity index (χ1) is 7.20. The zero-order chi connectivity index (χ0) is 11.3. The molecule has 0 saturated heterocycles. The molecule has 0 aliphatic heterocycles. The van der Waals surface area contributed by atoms with Crippen molar-refractivity contribution in [1.29, 1.82) is 0 Å². The fourth-order valence-corrected chi connectivity index (χ4v) is 1.63. The van der Waals surface area contributed by atoms with Crippen LogP contribution in [0.2, 0.25) is 0 Å². The third-order valence-electron chi connectivity index (χ3n) is 1.81. The Labute approximate surface area is 96.8 Å². The maximum absolute atomic E-state index is 11.5. The smallest absolute Gasteiger partial charge is 0.341 e. The first kappa shape index (κ1) is 11.8. The molecule has 0 unspecified atom stereocenters. The number of carbonyl (C=O) groups is 1. The van der Waals surface area contributed by atoms with E-state index in [1.54, 1.807) is 0 Å². The van der Waals surface area contributed by atoms with Gasteiger partial charge in [-0.2, -0.15) is 0 Å². The monoisotopic (exact) mass is 270 g/mol. The molecule has 3 nitrogen and oxygen atoms in total. The zero-order valence-electron chi connectivity index (χ0n) is 8.49. The molecule has 0 radical (unpaired) electrons. The molecule has 0 fully saturated rings. The second-order valence-corrected chi connectivity index (χ2v) is 3.59. The summed E-state index contributed by atoms with van der Waals surface area (Å²) in [7, 11) is 2.82. The highest BCUT2D eigenvalue weighted by molar-refractivity contribution is 9.10. The number of hydrogen-bond acceptors (Lipinski definition) is 3. The normalized spacial score (nSPS) is 11.0. The van der Waals surface area contributed by atoms with E-state index < -0.39 is 5.97 Å². The molecule has 1 rings (SSSR count). The van der Waals surface area contributed by atoms with Crippen LogP contribution in [0.5, 0.6) is 0 Å². The average molecular weight is 271 g/mol. The molecular weight excluding hydrogens is 260 g/mol. The van der Waals surface area contributed by atoms with Gasteiger partial charge in [-0.15, -0.1) is 0 Å². The third kappa shape index (κ3) is 2.83. The first-order valence-electron chi connectivity index (χ1n) is 4.27. The van der Waals surface area contributed by atoms with Crippen LogP contribution in [-0.2, 0) is 14.3 Å². The summed E-state index contributed by atoms with van der Waals surface area (Å²) < 4.78 is 10.3. The molecule has 0 N–H and O–H groups in total. The Hall–Kier alpha value is -1.29. The molecule has 0 atom stereocenters. The number of methoxy groups -OCH3 is 2. The van der Waals surface area contributed by atoms with Gasteiger partial charge in [0.05, 0.1) is 20.5 Å². The highest BCUT2D eigenvalue weighted by Crippen LogP contribution is 2.24. The Balaban J connectivity index is 3.17. The molecule has 0 aliphatic rings. The van der Waals surface area contributed by atoms with Gasteiger partial charge in [-0.1, -0.05) is 34.1 Å². The number of carbonyl (C=O) groups excluding carboxylic acids is 1. The summed E-state index contributed by atoms with van der Waals surface area (Å²) in [6.45, 7) is 0. The Bertz CT molecular complexity index is 385. The lowest BCUT2D eigenvalue weighted by Crippen LogP contribution is -2.04. The van der Waals surface area contributed by atoms with Gasteiger partial charge in [-0.05, 0) is 6.07 Å². The van der Waals surface area contributed by atoms with Crippen LogP contribution < -0.4 is 0 Å². The Morgan fingerprint density at radius 2 is 2.00 bits per heavy atom. The van der Waals surface area contributed by atoms with Crippen LogP contribution in [-0.4, -0.2) is 20.2 Å². The SMILES string of the molecule is COC=C(C(=O)OC)c1ccccc1Br. The van der Waals surface area contributed by atoms with Crippen LogP contribution in [0.15, 0.2) is 35.0 Å². The number of esters is 1. The Kier molecular flexibility index (Phi) is 4.37. The van der Waals surface area contributed by atoms with Gasteiger partial charge in [0, 0.05) is 10.0 Å². The molecule has 0 amide bonds. The van der Waals surface area contributed by atoms with E-state index in [9.17, 15) is 4.79 Å². The second kappa shape index (κ2) is 5.56. The maximum Gasteiger partial charge on any atom is 0.341 e. The standard InChI is InChI=1S/C11H11BrO3/c1-14-7-9(11(13)15-2)8-5-3-4-6-10(8)12/h3-7H,1-2H3. The van der Waals surface area contributed by atoms with Crippen LogP contribution in [0.25, 0.3) is 5.57 Å². The minimum absolute atomic E-state index is 0.382. The van der Waals surface area contributed by atoms with Gasteiger partial charge in [-0.25, -0.2) is 4.79 Å². The lowest BCUT2D eigenvalue weighted by molar-refractivity contribution is -0.133. The Morgan fingerprint density at radius 1 is 1.33 bits per heavy atom. The summed E-state index contributed by atoms with van der Waals surface area (Å²) in [5.41, 5.74) is 1.12. The molecule has 0 heterocycles. The van der Waals surface area contributed by atoms with Crippen LogP contribution in [0.3, 0.4) is 0 Å². The number of hydrogen-bond donors (Lipinski definition) is 0. The van der Waals surface area contributed by atoms with Gasteiger partial charge in [0.15, 0.2) is 0 Å². The van der Waals surface area contributed by atoms with E-state index in [-0.39, 0.29) is 0 Å². The predicted octanol–water partition coefficient (Wildman–Crippen LogP) is 2.61. The zero-order valence-corrected chi connectivity index (χ0v) is 10.1. The molecule has 1 aromatic carbocycles. The summed E-state index contributed by atoms with van der Waals surface area (Å²) in [4.78, 5) is 11.5. The average Bonchev–Trinajstić information content (AvgIpc) is 2.26. The molecule has 0 saturated carbocycles. The van der Waals surface area contributed by atoms with Crippen LogP contribution in [0, 0.1) is 0 Å². The number of ether oxygens (including phenoxy) is 2. The molecule has 4 heteroatoms. The summed E-state index contributed by atoms with van der Waals surface area (Å²) in [6, 6.07) is 7.37. The minimum atomic E-state index is -0.427. The second-order valence-electron chi connectivity index (χ2n) is 2.74. The number of rotatable bonds is 3. The van der Waals surface area contributed by atoms with E-state index in [0.717, 1.165) is 10.0 Å². The molecule has 15 heavy (non-hydrogen) atoms. The molecular formula is C11H11BrO3. The van der Waals surface area contributed by atoms with Gasteiger partial charge < -0.3 is 9.47 Å². The van der Waals surface area contributed by atoms with Crippen molar-refractivity contribution in [3.63, 3.8) is 0 Å². The van der Waals surface area contributed by atoms with E-state index in [1.165, 1.54) is 20.5 Å². The summed E-state index contributed by atoms with van der Waals surface area (Å²) in [5.74, 6) is -0.427. The van der Waals surface area contributed by atoms with Gasteiger partial charge in [0.2, 0.25) is 0 Å². The van der Waals surface area contributed by atoms with Gasteiger partial charge >= 0.3 is 5.97 Å². The molecule has 0 aliphatic carbocycles. The van der Waals surface area contributed by atoms with Crippen LogP contribution in [0.1, 0.15) is 5.56 Å². The summed E-state index contributed by atoms with van der Waals surface area (Å²) >= 11 is 3.36. The molecule has 1 aromatic rings. The Morgan fingerprint density at radius 3 is 2.53 bits per heavy atom. The highest BCUT2D eigenvalue weighted by atomic mass is 79.9. The van der Waals surface area contributed by atoms with E-state index in [0.29, 0.717) is 5.57 Å². The van der Waals surface area contributed by atoms with Gasteiger partial charge in [-0.3, -0.25) is 0 Å². The van der Waals surface area contributed by atoms with Crippen molar-refractivity contribution in [2.24, 2.45) is 0 Å². The fraction of sp³-hybridized carbons (Fsp3) is 0.182. The van der Waals surface area contributed by atoms with Crippen molar-refractivity contribution >= 4 is 27.5 Å². The van der Waals surface area contributed by atoms with Crippen molar-refractivity contribution in [3.05, 3.63) is 40.6 Å². The van der Waals surface area contributed by atoms with Crippen LogP contribution in [0.4, 0.5) is 0 Å².